The van der Waals surface area contributed by atoms with Gasteiger partial charge in [0, 0.05) is 35.8 Å². The van der Waals surface area contributed by atoms with Gasteiger partial charge in [-0.15, -0.1) is 0 Å². The average molecular weight is 301 g/mol. The van der Waals surface area contributed by atoms with E-state index in [2.05, 4.69) is 15.2 Å². The highest BCUT2D eigenvalue weighted by Crippen LogP contribution is 2.18. The summed E-state index contributed by atoms with van der Waals surface area (Å²) in [5.74, 6) is 1.03. The number of carbonyl (C=O) groups excluding carboxylic acids is 1. The molecular formula is C16H19N3OS. The Labute approximate surface area is 128 Å². The molecule has 0 spiro atoms. The van der Waals surface area contributed by atoms with Crippen molar-refractivity contribution in [2.24, 2.45) is 0 Å². The van der Waals surface area contributed by atoms with E-state index in [1.807, 2.05) is 41.9 Å². The number of carbonyl (C=O) groups is 1. The number of aryl methyl sites for hydroxylation is 1. The van der Waals surface area contributed by atoms with Crippen LogP contribution in [0.25, 0.3) is 0 Å². The lowest BCUT2D eigenvalue weighted by molar-refractivity contribution is 0.0933. The molecule has 5 heteroatoms. The summed E-state index contributed by atoms with van der Waals surface area (Å²) in [5, 5.41) is 6.95. The number of amides is 1. The number of hydrogen-bond donors (Lipinski definition) is 1. The minimum absolute atomic E-state index is 0.0281. The first-order valence-corrected chi connectivity index (χ1v) is 8.18. The van der Waals surface area contributed by atoms with Crippen molar-refractivity contribution >= 4 is 23.1 Å². The Hall–Kier alpha value is -1.88. The maximum Gasteiger partial charge on any atom is 0.252 e. The molecule has 1 fully saturated rings. The van der Waals surface area contributed by atoms with Crippen LogP contribution in [0.5, 0.6) is 0 Å². The predicted octanol–water partition coefficient (Wildman–Crippen LogP) is 2.85. The normalized spacial score (nSPS) is 18.5. The third-order valence-electron chi connectivity index (χ3n) is 3.74. The summed E-state index contributed by atoms with van der Waals surface area (Å²) in [5.41, 5.74) is 1.78. The van der Waals surface area contributed by atoms with Gasteiger partial charge in [0.25, 0.3) is 5.91 Å². The number of aromatic nitrogens is 1. The molecule has 0 radical (unpaired) electrons. The molecule has 0 aliphatic carbocycles. The fraction of sp³-hybridized carbons (Fsp3) is 0.375. The molecule has 3 rings (SSSR count). The first kappa shape index (κ1) is 14.1. The van der Waals surface area contributed by atoms with Gasteiger partial charge in [-0.1, -0.05) is 6.07 Å². The fourth-order valence-electron chi connectivity index (χ4n) is 2.67. The Bertz CT molecular complexity index is 612. The Morgan fingerprint density at radius 3 is 3.10 bits per heavy atom. The van der Waals surface area contributed by atoms with Crippen molar-refractivity contribution in [3.8, 4) is 0 Å². The van der Waals surface area contributed by atoms with Crippen molar-refractivity contribution in [3.05, 3.63) is 46.3 Å². The van der Waals surface area contributed by atoms with E-state index in [0.717, 1.165) is 43.0 Å². The lowest BCUT2D eigenvalue weighted by atomic mass is 10.1. The third-order valence-corrected chi connectivity index (χ3v) is 4.42. The molecule has 1 atom stereocenters. The molecule has 1 aliphatic rings. The number of nitrogens with one attached hydrogen (secondary N) is 1. The van der Waals surface area contributed by atoms with E-state index >= 15 is 0 Å². The van der Waals surface area contributed by atoms with Crippen LogP contribution in [0.1, 0.15) is 28.9 Å². The molecule has 1 amide bonds. The minimum atomic E-state index is 0.0281. The van der Waals surface area contributed by atoms with Gasteiger partial charge in [0.1, 0.15) is 5.82 Å². The van der Waals surface area contributed by atoms with Crippen LogP contribution in [0.2, 0.25) is 0 Å². The second-order valence-electron chi connectivity index (χ2n) is 5.41. The molecule has 1 saturated heterocycles. The van der Waals surface area contributed by atoms with E-state index in [-0.39, 0.29) is 11.9 Å². The molecule has 0 aromatic carbocycles. The van der Waals surface area contributed by atoms with Gasteiger partial charge in [-0.3, -0.25) is 4.79 Å². The summed E-state index contributed by atoms with van der Waals surface area (Å²) in [6.45, 7) is 3.83. The smallest absolute Gasteiger partial charge is 0.252 e. The molecule has 3 heterocycles. The molecule has 110 valence electrons. The molecule has 1 aliphatic heterocycles. The second kappa shape index (κ2) is 6.26. The molecule has 1 N–H and O–H groups in total. The Morgan fingerprint density at radius 2 is 2.33 bits per heavy atom. The lowest BCUT2D eigenvalue weighted by Crippen LogP contribution is -2.48. The van der Waals surface area contributed by atoms with E-state index in [0.29, 0.717) is 0 Å². The number of pyridine rings is 1. The summed E-state index contributed by atoms with van der Waals surface area (Å²) in [6.07, 6.45) is 2.10. The van der Waals surface area contributed by atoms with Crippen LogP contribution in [0.15, 0.2) is 35.0 Å². The Morgan fingerprint density at radius 1 is 1.43 bits per heavy atom. The summed E-state index contributed by atoms with van der Waals surface area (Å²) in [4.78, 5) is 19.0. The standard InChI is InChI=1S/C16H19N3OS/c1-12-4-2-6-15(17-12)19-8-3-5-14(10-19)18-16(20)13-7-9-21-11-13/h2,4,6-7,9,11,14H,3,5,8,10H2,1H3,(H,18,20). The quantitative estimate of drug-likeness (QED) is 0.948. The highest BCUT2D eigenvalue weighted by atomic mass is 32.1. The molecule has 0 bridgehead atoms. The molecular weight excluding hydrogens is 282 g/mol. The third kappa shape index (κ3) is 3.42. The average Bonchev–Trinajstić information content (AvgIpc) is 3.02. The van der Waals surface area contributed by atoms with Gasteiger partial charge >= 0.3 is 0 Å². The van der Waals surface area contributed by atoms with Crippen LogP contribution in [0, 0.1) is 6.92 Å². The van der Waals surface area contributed by atoms with Crippen molar-refractivity contribution in [1.29, 1.82) is 0 Å². The van der Waals surface area contributed by atoms with Crippen LogP contribution in [0.4, 0.5) is 5.82 Å². The largest absolute Gasteiger partial charge is 0.355 e. The topological polar surface area (TPSA) is 45.2 Å². The zero-order chi connectivity index (χ0) is 14.7. The number of piperidine rings is 1. The van der Waals surface area contributed by atoms with E-state index < -0.39 is 0 Å². The highest BCUT2D eigenvalue weighted by Gasteiger charge is 2.22. The highest BCUT2D eigenvalue weighted by molar-refractivity contribution is 7.08. The van der Waals surface area contributed by atoms with Gasteiger partial charge in [0.15, 0.2) is 0 Å². The van der Waals surface area contributed by atoms with Crippen molar-refractivity contribution in [2.75, 3.05) is 18.0 Å². The van der Waals surface area contributed by atoms with Crippen LogP contribution in [-0.4, -0.2) is 30.0 Å². The summed E-state index contributed by atoms with van der Waals surface area (Å²) >= 11 is 1.55. The van der Waals surface area contributed by atoms with E-state index in [1.54, 1.807) is 11.3 Å². The zero-order valence-corrected chi connectivity index (χ0v) is 12.9. The lowest BCUT2D eigenvalue weighted by Gasteiger charge is -2.34. The molecule has 21 heavy (non-hydrogen) atoms. The SMILES string of the molecule is Cc1cccc(N2CCCC(NC(=O)c3ccsc3)C2)n1. The van der Waals surface area contributed by atoms with Crippen molar-refractivity contribution in [3.63, 3.8) is 0 Å². The fourth-order valence-corrected chi connectivity index (χ4v) is 3.31. The summed E-state index contributed by atoms with van der Waals surface area (Å²) < 4.78 is 0. The van der Waals surface area contributed by atoms with Crippen molar-refractivity contribution in [2.45, 2.75) is 25.8 Å². The second-order valence-corrected chi connectivity index (χ2v) is 6.19. The van der Waals surface area contributed by atoms with Crippen LogP contribution < -0.4 is 10.2 Å². The maximum atomic E-state index is 12.1. The molecule has 2 aromatic rings. The number of anilines is 1. The van der Waals surface area contributed by atoms with Crippen molar-refractivity contribution < 1.29 is 4.79 Å². The van der Waals surface area contributed by atoms with Crippen molar-refractivity contribution in [1.82, 2.24) is 10.3 Å². The molecule has 4 nitrogen and oxygen atoms in total. The first-order chi connectivity index (χ1) is 10.2. The number of nitrogens with zero attached hydrogens (tertiary/aromatic N) is 2. The number of rotatable bonds is 3. The van der Waals surface area contributed by atoms with Gasteiger partial charge in [-0.2, -0.15) is 11.3 Å². The van der Waals surface area contributed by atoms with Gasteiger partial charge in [0.2, 0.25) is 0 Å². The summed E-state index contributed by atoms with van der Waals surface area (Å²) in [6, 6.07) is 8.13. The van der Waals surface area contributed by atoms with E-state index in [1.165, 1.54) is 0 Å². The minimum Gasteiger partial charge on any atom is -0.355 e. The molecule has 1 unspecified atom stereocenters. The Kier molecular flexibility index (Phi) is 4.20. The van der Waals surface area contributed by atoms with Crippen LogP contribution >= 0.6 is 11.3 Å². The molecule has 0 saturated carbocycles. The van der Waals surface area contributed by atoms with E-state index in [9.17, 15) is 4.79 Å². The summed E-state index contributed by atoms with van der Waals surface area (Å²) in [7, 11) is 0. The van der Waals surface area contributed by atoms with Crippen LogP contribution in [0.3, 0.4) is 0 Å². The zero-order valence-electron chi connectivity index (χ0n) is 12.1. The van der Waals surface area contributed by atoms with Gasteiger partial charge < -0.3 is 10.2 Å². The van der Waals surface area contributed by atoms with Gasteiger partial charge in [-0.05, 0) is 43.3 Å². The maximum absolute atomic E-state index is 12.1. The van der Waals surface area contributed by atoms with E-state index in [4.69, 9.17) is 0 Å². The van der Waals surface area contributed by atoms with Gasteiger partial charge in [-0.25, -0.2) is 4.98 Å². The first-order valence-electron chi connectivity index (χ1n) is 7.24. The van der Waals surface area contributed by atoms with Gasteiger partial charge in [0.05, 0.1) is 0 Å². The molecule has 2 aromatic heterocycles. The Balaban J connectivity index is 1.64. The predicted molar refractivity (Wildman–Crippen MR) is 86.0 cm³/mol. The number of hydrogen-bond acceptors (Lipinski definition) is 4. The monoisotopic (exact) mass is 301 g/mol. The van der Waals surface area contributed by atoms with Crippen LogP contribution in [-0.2, 0) is 0 Å². The number of thiophene rings is 1.